The van der Waals surface area contributed by atoms with Gasteiger partial charge in [0.1, 0.15) is 5.76 Å². The van der Waals surface area contributed by atoms with E-state index in [0.717, 1.165) is 22.9 Å². The van der Waals surface area contributed by atoms with Crippen molar-refractivity contribution < 1.29 is 4.42 Å². The van der Waals surface area contributed by atoms with Crippen LogP contribution in [0.3, 0.4) is 0 Å². The minimum Gasteiger partial charge on any atom is -0.458 e. The lowest BCUT2D eigenvalue weighted by molar-refractivity contribution is 0.544. The van der Waals surface area contributed by atoms with Crippen molar-refractivity contribution in [2.45, 2.75) is 6.92 Å². The van der Waals surface area contributed by atoms with Gasteiger partial charge in [0.05, 0.1) is 16.7 Å². The van der Waals surface area contributed by atoms with Crippen molar-refractivity contribution in [3.8, 4) is 11.6 Å². The molecule has 3 aromatic rings. The van der Waals surface area contributed by atoms with E-state index in [9.17, 15) is 0 Å². The molecule has 3 rings (SSSR count). The largest absolute Gasteiger partial charge is 0.458 e. The van der Waals surface area contributed by atoms with Gasteiger partial charge in [-0.1, -0.05) is 11.6 Å². The maximum Gasteiger partial charge on any atom is 0.180 e. The van der Waals surface area contributed by atoms with Gasteiger partial charge in [-0.05, 0) is 31.2 Å². The van der Waals surface area contributed by atoms with Crippen LogP contribution in [-0.2, 0) is 0 Å². The van der Waals surface area contributed by atoms with Gasteiger partial charge in [-0.15, -0.1) is 0 Å². The van der Waals surface area contributed by atoms with Gasteiger partial charge in [-0.3, -0.25) is 4.40 Å². The number of pyridine rings is 1. The Hall–Kier alpha value is -1.74. The summed E-state index contributed by atoms with van der Waals surface area (Å²) in [6.45, 7) is 1.91. The van der Waals surface area contributed by atoms with Crippen LogP contribution < -0.4 is 0 Å². The summed E-state index contributed by atoms with van der Waals surface area (Å²) in [5.41, 5.74) is 0.883. The van der Waals surface area contributed by atoms with Crippen molar-refractivity contribution in [1.82, 2.24) is 9.38 Å². The second-order valence-corrected chi connectivity index (χ2v) is 4.01. The smallest absolute Gasteiger partial charge is 0.180 e. The molecular formula is C12H9ClN2O. The van der Waals surface area contributed by atoms with Crippen LogP contribution in [0.15, 0.2) is 41.1 Å². The highest BCUT2D eigenvalue weighted by atomic mass is 35.5. The average Bonchev–Trinajstić information content (AvgIpc) is 2.84. The number of nitrogens with zero attached hydrogens (tertiary/aromatic N) is 2. The quantitative estimate of drug-likeness (QED) is 0.642. The fraction of sp³-hybridized carbons (Fsp3) is 0.0833. The minimum atomic E-state index is 0.685. The molecule has 0 amide bonds. The third kappa shape index (κ3) is 1.32. The Morgan fingerprint density at radius 3 is 2.94 bits per heavy atom. The number of hydrogen-bond donors (Lipinski definition) is 0. The zero-order chi connectivity index (χ0) is 11.1. The number of rotatable bonds is 1. The van der Waals surface area contributed by atoms with Crippen LogP contribution >= 0.6 is 11.6 Å². The number of aryl methyl sites for hydroxylation is 1. The minimum absolute atomic E-state index is 0.685. The van der Waals surface area contributed by atoms with Gasteiger partial charge in [-0.25, -0.2) is 4.98 Å². The molecule has 0 fully saturated rings. The molecule has 0 aromatic carbocycles. The first kappa shape index (κ1) is 9.48. The summed E-state index contributed by atoms with van der Waals surface area (Å²) in [5, 5.41) is 0.685. The number of furan rings is 1. The monoisotopic (exact) mass is 232 g/mol. The zero-order valence-electron chi connectivity index (χ0n) is 8.64. The topological polar surface area (TPSA) is 30.4 Å². The molecule has 0 aliphatic carbocycles. The molecule has 0 aliphatic rings. The molecule has 0 N–H and O–H groups in total. The molecule has 0 spiro atoms. The molecule has 16 heavy (non-hydrogen) atoms. The molecule has 3 nitrogen and oxygen atoms in total. The van der Waals surface area contributed by atoms with E-state index in [2.05, 4.69) is 4.98 Å². The molecule has 3 aromatic heterocycles. The van der Waals surface area contributed by atoms with Crippen LogP contribution in [0, 0.1) is 6.92 Å². The molecule has 0 radical (unpaired) electrons. The van der Waals surface area contributed by atoms with E-state index in [0.29, 0.717) is 5.02 Å². The predicted octanol–water partition coefficient (Wildman–Crippen LogP) is 3.56. The summed E-state index contributed by atoms with van der Waals surface area (Å²) < 4.78 is 7.47. The summed E-state index contributed by atoms with van der Waals surface area (Å²) in [6.07, 6.45) is 3.66. The number of halogens is 1. The van der Waals surface area contributed by atoms with Crippen LogP contribution in [0.25, 0.3) is 17.1 Å². The van der Waals surface area contributed by atoms with Gasteiger partial charge >= 0.3 is 0 Å². The van der Waals surface area contributed by atoms with Crippen LogP contribution in [0.1, 0.15) is 5.76 Å². The van der Waals surface area contributed by atoms with Crippen LogP contribution in [0.5, 0.6) is 0 Å². The van der Waals surface area contributed by atoms with E-state index in [1.54, 1.807) is 6.20 Å². The maximum atomic E-state index is 6.07. The fourth-order valence-corrected chi connectivity index (χ4v) is 1.94. The fourth-order valence-electron chi connectivity index (χ4n) is 1.72. The third-order valence-corrected chi connectivity index (χ3v) is 2.80. The van der Waals surface area contributed by atoms with E-state index >= 15 is 0 Å². The normalized spacial score (nSPS) is 11.1. The predicted molar refractivity (Wildman–Crippen MR) is 62.6 cm³/mol. The molecule has 0 atom stereocenters. The Labute approximate surface area is 97.3 Å². The first-order valence-corrected chi connectivity index (χ1v) is 5.32. The molecule has 0 saturated carbocycles. The lowest BCUT2D eigenvalue weighted by Crippen LogP contribution is -1.87. The molecule has 0 saturated heterocycles. The maximum absolute atomic E-state index is 6.07. The molecule has 3 heterocycles. The Morgan fingerprint density at radius 2 is 2.19 bits per heavy atom. The Morgan fingerprint density at radius 1 is 1.31 bits per heavy atom. The van der Waals surface area contributed by atoms with E-state index < -0.39 is 0 Å². The summed E-state index contributed by atoms with van der Waals surface area (Å²) >= 11 is 6.07. The van der Waals surface area contributed by atoms with Crippen molar-refractivity contribution in [2.75, 3.05) is 0 Å². The lowest BCUT2D eigenvalue weighted by Gasteiger charge is -1.98. The van der Waals surface area contributed by atoms with Crippen molar-refractivity contribution >= 4 is 17.1 Å². The zero-order valence-corrected chi connectivity index (χ0v) is 9.40. The first-order chi connectivity index (χ1) is 7.75. The van der Waals surface area contributed by atoms with Crippen molar-refractivity contribution in [1.29, 1.82) is 0 Å². The number of aromatic nitrogens is 2. The summed E-state index contributed by atoms with van der Waals surface area (Å²) in [6, 6.07) is 7.55. The highest BCUT2D eigenvalue weighted by molar-refractivity contribution is 6.33. The third-order valence-electron chi connectivity index (χ3n) is 2.48. The summed E-state index contributed by atoms with van der Waals surface area (Å²) in [7, 11) is 0. The lowest BCUT2D eigenvalue weighted by atomic mass is 10.4. The van der Waals surface area contributed by atoms with Crippen LogP contribution in [0.2, 0.25) is 5.02 Å². The first-order valence-electron chi connectivity index (χ1n) is 4.94. The van der Waals surface area contributed by atoms with Crippen molar-refractivity contribution in [3.63, 3.8) is 0 Å². The molecule has 4 heteroatoms. The van der Waals surface area contributed by atoms with E-state index in [1.165, 1.54) is 0 Å². The van der Waals surface area contributed by atoms with Gasteiger partial charge in [0.2, 0.25) is 0 Å². The standard InChI is InChI=1S/C12H9ClN2O/c1-8-4-5-11(16-8)12-14-7-10-9(13)3-2-6-15(10)12/h2-7H,1H3. The van der Waals surface area contributed by atoms with Crippen molar-refractivity contribution in [3.05, 3.63) is 47.4 Å². The van der Waals surface area contributed by atoms with Gasteiger partial charge in [0, 0.05) is 6.20 Å². The Balaban J connectivity index is 2.29. The highest BCUT2D eigenvalue weighted by Gasteiger charge is 2.10. The van der Waals surface area contributed by atoms with Crippen LogP contribution in [0.4, 0.5) is 0 Å². The van der Waals surface area contributed by atoms with E-state index in [4.69, 9.17) is 16.0 Å². The number of fused-ring (bicyclic) bond motifs is 1. The Bertz CT molecular complexity index is 654. The number of imidazole rings is 1. The van der Waals surface area contributed by atoms with E-state index in [1.807, 2.05) is 41.8 Å². The number of hydrogen-bond acceptors (Lipinski definition) is 2. The van der Waals surface area contributed by atoms with E-state index in [-0.39, 0.29) is 0 Å². The molecule has 0 aliphatic heterocycles. The van der Waals surface area contributed by atoms with Crippen LogP contribution in [-0.4, -0.2) is 9.38 Å². The average molecular weight is 233 g/mol. The summed E-state index contributed by atoms with van der Waals surface area (Å²) in [4.78, 5) is 4.32. The highest BCUT2D eigenvalue weighted by Crippen LogP contribution is 2.25. The summed E-state index contributed by atoms with van der Waals surface area (Å²) in [5.74, 6) is 2.39. The second kappa shape index (κ2) is 3.39. The van der Waals surface area contributed by atoms with Gasteiger partial charge in [0.15, 0.2) is 11.6 Å². The molecule has 0 unspecified atom stereocenters. The Kier molecular flexibility index (Phi) is 2.01. The van der Waals surface area contributed by atoms with Gasteiger partial charge < -0.3 is 4.42 Å². The van der Waals surface area contributed by atoms with Gasteiger partial charge in [0.25, 0.3) is 0 Å². The molecular weight excluding hydrogens is 224 g/mol. The SMILES string of the molecule is Cc1ccc(-c2ncc3c(Cl)cccn23)o1. The molecule has 0 bridgehead atoms. The second-order valence-electron chi connectivity index (χ2n) is 3.60. The molecule has 80 valence electrons. The van der Waals surface area contributed by atoms with Gasteiger partial charge in [-0.2, -0.15) is 0 Å². The van der Waals surface area contributed by atoms with Crippen molar-refractivity contribution in [2.24, 2.45) is 0 Å².